The zero-order chi connectivity index (χ0) is 15.4. The molecule has 0 fully saturated rings. The summed E-state index contributed by atoms with van der Waals surface area (Å²) in [5.41, 5.74) is -1.44. The maximum Gasteiger partial charge on any atom is 0.417 e. The molecule has 0 aliphatic heterocycles. The molecule has 0 aromatic heterocycles. The lowest BCUT2D eigenvalue weighted by molar-refractivity contribution is -0.137. The molecule has 5 nitrogen and oxygen atoms in total. The largest absolute Gasteiger partial charge is 0.417 e. The van der Waals surface area contributed by atoms with E-state index < -0.39 is 27.3 Å². The predicted molar refractivity (Wildman–Crippen MR) is 67.5 cm³/mol. The number of sulfonamides is 1. The summed E-state index contributed by atoms with van der Waals surface area (Å²) in [6.07, 6.45) is -4.64. The van der Waals surface area contributed by atoms with Crippen LogP contribution in [0.25, 0.3) is 0 Å². The van der Waals surface area contributed by atoms with Crippen LogP contribution < -0.4 is 10.0 Å². The van der Waals surface area contributed by atoms with Gasteiger partial charge in [0.05, 0.1) is 22.9 Å². The van der Waals surface area contributed by atoms with E-state index in [2.05, 4.69) is 10.0 Å². The molecule has 0 unspecified atom stereocenters. The molecule has 0 aliphatic rings. The van der Waals surface area contributed by atoms with Crippen LogP contribution >= 0.6 is 0 Å². The first-order chi connectivity index (χ1) is 9.19. The molecular weight excluding hydrogens is 295 g/mol. The SMILES string of the molecule is CNS(=O)(=O)CCNc1ccc(C#N)c(C(F)(F)F)c1. The Kier molecular flexibility index (Phi) is 4.97. The van der Waals surface area contributed by atoms with Crippen LogP contribution in [-0.2, 0) is 16.2 Å². The third-order valence-corrected chi connectivity index (χ3v) is 3.82. The summed E-state index contributed by atoms with van der Waals surface area (Å²) in [7, 11) is -2.18. The molecule has 1 rings (SSSR count). The Hall–Kier alpha value is -1.79. The van der Waals surface area contributed by atoms with Gasteiger partial charge in [0.1, 0.15) is 0 Å². The first-order valence-corrected chi connectivity index (χ1v) is 7.11. The summed E-state index contributed by atoms with van der Waals surface area (Å²) in [6.45, 7) is -0.0492. The molecule has 0 atom stereocenters. The van der Waals surface area contributed by atoms with Crippen molar-refractivity contribution < 1.29 is 21.6 Å². The van der Waals surface area contributed by atoms with Crippen LogP contribution in [0.3, 0.4) is 0 Å². The van der Waals surface area contributed by atoms with Gasteiger partial charge < -0.3 is 5.32 Å². The molecule has 0 bridgehead atoms. The van der Waals surface area contributed by atoms with Crippen LogP contribution in [0.4, 0.5) is 18.9 Å². The molecule has 0 radical (unpaired) electrons. The highest BCUT2D eigenvalue weighted by Crippen LogP contribution is 2.33. The second-order valence-corrected chi connectivity index (χ2v) is 5.87. The quantitative estimate of drug-likeness (QED) is 0.864. The van der Waals surface area contributed by atoms with Crippen molar-refractivity contribution in [2.75, 3.05) is 24.7 Å². The molecule has 0 spiro atoms. The average Bonchev–Trinajstić information content (AvgIpc) is 2.37. The summed E-state index contributed by atoms with van der Waals surface area (Å²) in [6, 6.07) is 4.58. The Morgan fingerprint density at radius 3 is 2.50 bits per heavy atom. The summed E-state index contributed by atoms with van der Waals surface area (Å²) >= 11 is 0. The Bertz CT molecular complexity index is 621. The Morgan fingerprint density at radius 1 is 1.35 bits per heavy atom. The first kappa shape index (κ1) is 16.3. The van der Waals surface area contributed by atoms with Crippen molar-refractivity contribution in [1.29, 1.82) is 5.26 Å². The fourth-order valence-corrected chi connectivity index (χ4v) is 1.99. The fraction of sp³-hybridized carbons (Fsp3) is 0.364. The molecule has 2 N–H and O–H groups in total. The molecule has 0 heterocycles. The standard InChI is InChI=1S/C11H12F3N3O2S/c1-16-20(18,19)5-4-17-9-3-2-8(7-15)10(6-9)11(12,13)14/h2-3,6,16-17H,4-5H2,1H3. The summed E-state index contributed by atoms with van der Waals surface area (Å²) in [5, 5.41) is 11.2. The lowest BCUT2D eigenvalue weighted by atomic mass is 10.1. The third-order valence-electron chi connectivity index (χ3n) is 2.46. The van der Waals surface area contributed by atoms with Gasteiger partial charge in [0.2, 0.25) is 10.0 Å². The van der Waals surface area contributed by atoms with E-state index in [0.29, 0.717) is 0 Å². The van der Waals surface area contributed by atoms with E-state index in [1.807, 2.05) is 0 Å². The number of nitriles is 1. The Morgan fingerprint density at radius 2 is 2.00 bits per heavy atom. The maximum absolute atomic E-state index is 12.7. The van der Waals surface area contributed by atoms with E-state index in [1.54, 1.807) is 0 Å². The Labute approximate surface area is 114 Å². The van der Waals surface area contributed by atoms with Gasteiger partial charge in [-0.05, 0) is 25.2 Å². The van der Waals surface area contributed by atoms with Crippen LogP contribution in [0.1, 0.15) is 11.1 Å². The van der Waals surface area contributed by atoms with E-state index >= 15 is 0 Å². The number of anilines is 1. The number of hydrogen-bond acceptors (Lipinski definition) is 4. The van der Waals surface area contributed by atoms with E-state index in [-0.39, 0.29) is 18.0 Å². The van der Waals surface area contributed by atoms with Crippen LogP contribution in [0, 0.1) is 11.3 Å². The smallest absolute Gasteiger partial charge is 0.384 e. The molecule has 20 heavy (non-hydrogen) atoms. The summed E-state index contributed by atoms with van der Waals surface area (Å²) in [4.78, 5) is 0. The van der Waals surface area contributed by atoms with Crippen LogP contribution in [0.5, 0.6) is 0 Å². The van der Waals surface area contributed by atoms with Crippen LogP contribution in [-0.4, -0.2) is 27.8 Å². The Balaban J connectivity index is 2.87. The lowest BCUT2D eigenvalue weighted by Gasteiger charge is -2.12. The van der Waals surface area contributed by atoms with E-state index in [4.69, 9.17) is 5.26 Å². The average molecular weight is 307 g/mol. The number of halogens is 3. The molecular formula is C11H12F3N3O2S. The van der Waals surface area contributed by atoms with E-state index in [0.717, 1.165) is 12.1 Å². The van der Waals surface area contributed by atoms with Gasteiger partial charge >= 0.3 is 6.18 Å². The number of nitrogens with one attached hydrogen (secondary N) is 2. The van der Waals surface area contributed by atoms with Gasteiger partial charge in [-0.3, -0.25) is 0 Å². The molecule has 0 aliphatic carbocycles. The number of alkyl halides is 3. The van der Waals surface area contributed by atoms with Gasteiger partial charge in [-0.2, -0.15) is 18.4 Å². The van der Waals surface area contributed by atoms with Crippen molar-refractivity contribution in [2.45, 2.75) is 6.18 Å². The molecule has 9 heteroatoms. The topological polar surface area (TPSA) is 82.0 Å². The predicted octanol–water partition coefficient (Wildman–Crippen LogP) is 1.54. The minimum Gasteiger partial charge on any atom is -0.384 e. The second kappa shape index (κ2) is 6.11. The normalized spacial score (nSPS) is 11.9. The number of hydrogen-bond donors (Lipinski definition) is 2. The van der Waals surface area contributed by atoms with Crippen molar-refractivity contribution in [3.05, 3.63) is 29.3 Å². The second-order valence-electron chi connectivity index (χ2n) is 3.82. The van der Waals surface area contributed by atoms with Gasteiger partial charge in [0.25, 0.3) is 0 Å². The zero-order valence-corrected chi connectivity index (χ0v) is 11.3. The molecule has 1 aromatic carbocycles. The molecule has 110 valence electrons. The van der Waals surface area contributed by atoms with Crippen LogP contribution in [0.15, 0.2) is 18.2 Å². The van der Waals surface area contributed by atoms with E-state index in [9.17, 15) is 21.6 Å². The highest BCUT2D eigenvalue weighted by Gasteiger charge is 2.33. The molecule has 0 saturated carbocycles. The number of rotatable bonds is 5. The summed E-state index contributed by atoms with van der Waals surface area (Å²) in [5.74, 6) is -0.273. The van der Waals surface area contributed by atoms with Crippen molar-refractivity contribution >= 4 is 15.7 Å². The molecule has 0 saturated heterocycles. The van der Waals surface area contributed by atoms with Crippen LogP contribution in [0.2, 0.25) is 0 Å². The minimum atomic E-state index is -4.64. The van der Waals surface area contributed by atoms with Gasteiger partial charge in [-0.25, -0.2) is 13.1 Å². The third kappa shape index (κ3) is 4.40. The molecule has 1 aromatic rings. The van der Waals surface area contributed by atoms with Gasteiger partial charge in [0.15, 0.2) is 0 Å². The monoisotopic (exact) mass is 307 g/mol. The van der Waals surface area contributed by atoms with Crippen molar-refractivity contribution in [2.24, 2.45) is 0 Å². The van der Waals surface area contributed by atoms with Gasteiger partial charge in [0, 0.05) is 12.2 Å². The van der Waals surface area contributed by atoms with Crippen molar-refractivity contribution in [3.8, 4) is 6.07 Å². The van der Waals surface area contributed by atoms with E-state index in [1.165, 1.54) is 19.2 Å². The van der Waals surface area contributed by atoms with Crippen molar-refractivity contribution in [1.82, 2.24) is 4.72 Å². The fourth-order valence-electron chi connectivity index (χ4n) is 1.42. The van der Waals surface area contributed by atoms with Crippen molar-refractivity contribution in [3.63, 3.8) is 0 Å². The number of benzene rings is 1. The number of nitrogens with zero attached hydrogens (tertiary/aromatic N) is 1. The molecule has 0 amide bonds. The van der Waals surface area contributed by atoms with Gasteiger partial charge in [-0.15, -0.1) is 0 Å². The highest BCUT2D eigenvalue weighted by atomic mass is 32.2. The first-order valence-electron chi connectivity index (χ1n) is 5.46. The minimum absolute atomic E-state index is 0.0492. The summed E-state index contributed by atoms with van der Waals surface area (Å²) < 4.78 is 62.5. The maximum atomic E-state index is 12.7. The highest BCUT2D eigenvalue weighted by molar-refractivity contribution is 7.89. The lowest BCUT2D eigenvalue weighted by Crippen LogP contribution is -2.26. The zero-order valence-electron chi connectivity index (χ0n) is 10.5. The van der Waals surface area contributed by atoms with Gasteiger partial charge in [-0.1, -0.05) is 0 Å².